The first-order valence-electron chi connectivity index (χ1n) is 10.5. The lowest BCUT2D eigenvalue weighted by Gasteiger charge is -2.31. The minimum atomic E-state index is -1.08. The predicted octanol–water partition coefficient (Wildman–Crippen LogP) is 2.55. The first kappa shape index (κ1) is 20.6. The third-order valence-corrected chi connectivity index (χ3v) is 6.99. The third-order valence-electron chi connectivity index (χ3n) is 6.01. The van der Waals surface area contributed by atoms with Crippen LogP contribution in [0.4, 0.5) is 9.59 Å². The van der Waals surface area contributed by atoms with Gasteiger partial charge >= 0.3 is 12.1 Å². The van der Waals surface area contributed by atoms with E-state index < -0.39 is 36.0 Å². The van der Waals surface area contributed by atoms with E-state index in [0.29, 0.717) is 13.0 Å². The minimum Gasteiger partial charge on any atom is -0.337 e. The summed E-state index contributed by atoms with van der Waals surface area (Å²) in [6.07, 6.45) is 9.69. The fourth-order valence-electron chi connectivity index (χ4n) is 4.51. The molecule has 1 aromatic heterocycles. The number of fused-ring (bicyclic) bond motifs is 2. The molecule has 1 atom stereocenters. The van der Waals surface area contributed by atoms with Gasteiger partial charge in [0.15, 0.2) is 0 Å². The van der Waals surface area contributed by atoms with Gasteiger partial charge in [-0.2, -0.15) is 0 Å². The molecule has 1 saturated heterocycles. The van der Waals surface area contributed by atoms with E-state index in [9.17, 15) is 19.2 Å². The number of nitrogens with one attached hydrogen (secondary N) is 3. The summed E-state index contributed by atoms with van der Waals surface area (Å²) < 4.78 is 0. The number of amides is 6. The highest BCUT2D eigenvalue weighted by Gasteiger charge is 2.54. The second-order valence-corrected chi connectivity index (χ2v) is 9.00. The summed E-state index contributed by atoms with van der Waals surface area (Å²) in [5.41, 5.74) is 1.08. The van der Waals surface area contributed by atoms with E-state index >= 15 is 0 Å². The number of carbonyl (C=O) groups is 4. The molecular weight excluding hydrogens is 404 g/mol. The van der Waals surface area contributed by atoms with Crippen LogP contribution < -0.4 is 16.0 Å². The molecule has 1 unspecified atom stereocenters. The SMILES string of the molecule is O=C(CN1C(=O)NC2(CCCc3sccc32)C1=O)NC(=O)NCCC1=CCCCC1. The molecule has 2 heterocycles. The fraction of sp³-hybridized carbons (Fsp3) is 0.524. The zero-order valence-electron chi connectivity index (χ0n) is 16.8. The molecule has 3 N–H and O–H groups in total. The summed E-state index contributed by atoms with van der Waals surface area (Å²) in [7, 11) is 0. The van der Waals surface area contributed by atoms with Gasteiger partial charge in [-0.1, -0.05) is 11.6 Å². The van der Waals surface area contributed by atoms with Crippen molar-refractivity contribution in [2.75, 3.05) is 13.1 Å². The van der Waals surface area contributed by atoms with Gasteiger partial charge in [0.1, 0.15) is 12.1 Å². The van der Waals surface area contributed by atoms with E-state index in [1.165, 1.54) is 18.4 Å². The number of imide groups is 2. The quantitative estimate of drug-likeness (QED) is 0.493. The smallest absolute Gasteiger partial charge is 0.325 e. The number of aryl methyl sites for hydroxylation is 1. The number of hydrogen-bond donors (Lipinski definition) is 3. The maximum Gasteiger partial charge on any atom is 0.325 e. The van der Waals surface area contributed by atoms with Gasteiger partial charge < -0.3 is 10.6 Å². The highest BCUT2D eigenvalue weighted by molar-refractivity contribution is 7.10. The molecule has 3 aliphatic rings. The van der Waals surface area contributed by atoms with E-state index in [1.54, 1.807) is 11.3 Å². The standard InChI is InChI=1S/C21H26N4O4S/c26-17(23-19(28)22-11-8-14-5-2-1-3-6-14)13-25-18(27)21(24-20(25)29)10-4-7-16-15(21)9-12-30-16/h5,9,12H,1-4,6-8,10-11,13H2,(H,24,29)(H2,22,23,26,28). The number of rotatable bonds is 5. The average molecular weight is 431 g/mol. The fourth-order valence-corrected chi connectivity index (χ4v) is 5.51. The highest BCUT2D eigenvalue weighted by Crippen LogP contribution is 2.41. The van der Waals surface area contributed by atoms with Crippen LogP contribution in [0, 0.1) is 0 Å². The molecule has 0 saturated carbocycles. The Bertz CT molecular complexity index is 909. The molecule has 30 heavy (non-hydrogen) atoms. The van der Waals surface area contributed by atoms with E-state index in [-0.39, 0.29) is 0 Å². The first-order valence-corrected chi connectivity index (χ1v) is 11.3. The molecule has 1 aromatic rings. The molecule has 9 heteroatoms. The summed E-state index contributed by atoms with van der Waals surface area (Å²) >= 11 is 1.57. The molecular formula is C21H26N4O4S. The van der Waals surface area contributed by atoms with Crippen LogP contribution in [0.3, 0.4) is 0 Å². The Labute approximate surface area is 179 Å². The van der Waals surface area contributed by atoms with Crippen molar-refractivity contribution in [2.24, 2.45) is 0 Å². The topological polar surface area (TPSA) is 108 Å². The molecule has 1 aliphatic heterocycles. The molecule has 2 aliphatic carbocycles. The Balaban J connectivity index is 1.30. The summed E-state index contributed by atoms with van der Waals surface area (Å²) in [5.74, 6) is -1.11. The van der Waals surface area contributed by atoms with Crippen LogP contribution in [0.1, 0.15) is 55.4 Å². The second kappa shape index (κ2) is 8.59. The lowest BCUT2D eigenvalue weighted by atomic mass is 9.80. The van der Waals surface area contributed by atoms with Crippen LogP contribution in [0.2, 0.25) is 0 Å². The third kappa shape index (κ3) is 3.98. The van der Waals surface area contributed by atoms with E-state index in [1.807, 2.05) is 11.4 Å². The van der Waals surface area contributed by atoms with E-state index in [4.69, 9.17) is 0 Å². The van der Waals surface area contributed by atoms with Crippen LogP contribution in [-0.4, -0.2) is 41.9 Å². The lowest BCUT2D eigenvalue weighted by Crippen LogP contribution is -2.48. The minimum absolute atomic E-state index is 0.424. The number of hydrogen-bond acceptors (Lipinski definition) is 5. The molecule has 0 radical (unpaired) electrons. The summed E-state index contributed by atoms with van der Waals surface area (Å²) in [5, 5.41) is 9.59. The summed E-state index contributed by atoms with van der Waals surface area (Å²) in [6, 6.07) is 0.658. The van der Waals surface area contributed by atoms with E-state index in [0.717, 1.165) is 47.4 Å². The van der Waals surface area contributed by atoms with Crippen LogP contribution in [0.5, 0.6) is 0 Å². The Morgan fingerprint density at radius 2 is 2.07 bits per heavy atom. The highest BCUT2D eigenvalue weighted by atomic mass is 32.1. The van der Waals surface area contributed by atoms with Gasteiger partial charge in [-0.05, 0) is 62.8 Å². The molecule has 0 bridgehead atoms. The van der Waals surface area contributed by atoms with Crippen molar-refractivity contribution in [1.82, 2.24) is 20.9 Å². The molecule has 6 amide bonds. The Kier molecular flexibility index (Phi) is 5.90. The van der Waals surface area contributed by atoms with Gasteiger partial charge in [0.05, 0.1) is 0 Å². The van der Waals surface area contributed by atoms with Gasteiger partial charge in [0.2, 0.25) is 5.91 Å². The monoisotopic (exact) mass is 430 g/mol. The van der Waals surface area contributed by atoms with Crippen molar-refractivity contribution < 1.29 is 19.2 Å². The predicted molar refractivity (Wildman–Crippen MR) is 112 cm³/mol. The number of allylic oxidation sites excluding steroid dienone is 1. The molecule has 4 rings (SSSR count). The first-order chi connectivity index (χ1) is 14.5. The average Bonchev–Trinajstić information content (AvgIpc) is 3.29. The zero-order valence-corrected chi connectivity index (χ0v) is 17.6. The van der Waals surface area contributed by atoms with E-state index in [2.05, 4.69) is 22.0 Å². The van der Waals surface area contributed by atoms with Gasteiger partial charge in [-0.3, -0.25) is 19.8 Å². The number of carbonyl (C=O) groups excluding carboxylic acids is 4. The van der Waals surface area contributed by atoms with Crippen LogP contribution in [0.15, 0.2) is 23.1 Å². The Morgan fingerprint density at radius 3 is 2.87 bits per heavy atom. The van der Waals surface area contributed by atoms with Gasteiger partial charge in [-0.25, -0.2) is 9.59 Å². The number of urea groups is 2. The maximum atomic E-state index is 13.1. The maximum absolute atomic E-state index is 13.1. The molecule has 1 spiro atoms. The van der Waals surface area contributed by atoms with Gasteiger partial charge in [0, 0.05) is 17.0 Å². The van der Waals surface area contributed by atoms with Crippen molar-refractivity contribution in [1.29, 1.82) is 0 Å². The summed E-state index contributed by atoms with van der Waals surface area (Å²) in [6.45, 7) is -0.0391. The molecule has 8 nitrogen and oxygen atoms in total. The van der Waals surface area contributed by atoms with Crippen LogP contribution in [0.25, 0.3) is 0 Å². The second-order valence-electron chi connectivity index (χ2n) is 8.00. The van der Waals surface area contributed by atoms with Crippen LogP contribution >= 0.6 is 11.3 Å². The van der Waals surface area contributed by atoms with Crippen molar-refractivity contribution in [3.05, 3.63) is 33.5 Å². The lowest BCUT2D eigenvalue weighted by molar-refractivity contribution is -0.135. The number of nitrogens with zero attached hydrogens (tertiary/aromatic N) is 1. The largest absolute Gasteiger partial charge is 0.337 e. The Morgan fingerprint density at radius 1 is 1.20 bits per heavy atom. The van der Waals surface area contributed by atoms with Gasteiger partial charge in [-0.15, -0.1) is 11.3 Å². The number of thiophene rings is 1. The molecule has 0 aromatic carbocycles. The van der Waals surface area contributed by atoms with Crippen molar-refractivity contribution in [3.63, 3.8) is 0 Å². The molecule has 1 fully saturated rings. The normalized spacial score (nSPS) is 23.1. The van der Waals surface area contributed by atoms with Crippen molar-refractivity contribution >= 4 is 35.2 Å². The Hall–Kier alpha value is -2.68. The van der Waals surface area contributed by atoms with Crippen molar-refractivity contribution in [3.8, 4) is 0 Å². The van der Waals surface area contributed by atoms with Crippen LogP contribution in [-0.2, 0) is 21.5 Å². The molecule has 160 valence electrons. The summed E-state index contributed by atoms with van der Waals surface area (Å²) in [4.78, 5) is 51.8. The van der Waals surface area contributed by atoms with Crippen molar-refractivity contribution in [2.45, 2.75) is 56.9 Å². The zero-order chi connectivity index (χ0) is 21.1. The van der Waals surface area contributed by atoms with Gasteiger partial charge in [0.25, 0.3) is 5.91 Å².